The van der Waals surface area contributed by atoms with Crippen molar-refractivity contribution in [2.75, 3.05) is 11.9 Å². The summed E-state index contributed by atoms with van der Waals surface area (Å²) in [5, 5.41) is 4.23. The number of hydrogen-bond donors (Lipinski definition) is 0. The van der Waals surface area contributed by atoms with Gasteiger partial charge in [0.2, 0.25) is 0 Å². The molecule has 0 saturated carbocycles. The van der Waals surface area contributed by atoms with E-state index < -0.39 is 5.51 Å². The maximum atomic E-state index is 13.4. The number of anilines is 1. The first kappa shape index (κ1) is 26.4. The lowest BCUT2D eigenvalue weighted by atomic mass is 10.2. The summed E-state index contributed by atoms with van der Waals surface area (Å²) >= 11 is 10.5. The number of benzene rings is 2. The first-order valence-corrected chi connectivity index (χ1v) is 14.8. The lowest BCUT2D eigenvalue weighted by molar-refractivity contribution is -0.685. The van der Waals surface area contributed by atoms with Crippen LogP contribution in [0, 0.1) is 0 Å². The molecule has 4 aromatic rings. The number of thioether (sulfide) groups is 2. The van der Waals surface area contributed by atoms with Gasteiger partial charge in [-0.1, -0.05) is 52.9 Å². The number of alkyl halides is 3. The molecule has 192 valence electrons. The quantitative estimate of drug-likeness (QED) is 0.217. The summed E-state index contributed by atoms with van der Waals surface area (Å²) in [4.78, 5) is 16.6. The fourth-order valence-corrected chi connectivity index (χ4v) is 8.26. The van der Waals surface area contributed by atoms with Gasteiger partial charge in [0.05, 0.1) is 17.1 Å². The van der Waals surface area contributed by atoms with E-state index in [2.05, 4.69) is 0 Å². The van der Waals surface area contributed by atoms with E-state index in [0.717, 1.165) is 25.3 Å². The van der Waals surface area contributed by atoms with Crippen LogP contribution in [0.2, 0.25) is 5.02 Å². The van der Waals surface area contributed by atoms with Crippen molar-refractivity contribution in [2.24, 2.45) is 0 Å². The molecule has 0 N–H and O–H groups in total. The van der Waals surface area contributed by atoms with Crippen molar-refractivity contribution in [3.05, 3.63) is 89.2 Å². The molecule has 3 heterocycles. The zero-order valence-electron chi connectivity index (χ0n) is 19.6. The maximum Gasteiger partial charge on any atom is 0.446 e. The Labute approximate surface area is 232 Å². The van der Waals surface area contributed by atoms with E-state index in [9.17, 15) is 18.0 Å². The number of rotatable bonds is 5. The minimum absolute atomic E-state index is 0.0676. The molecule has 0 unspecified atom stereocenters. The Morgan fingerprint density at radius 2 is 1.97 bits per heavy atom. The zero-order chi connectivity index (χ0) is 26.3. The van der Waals surface area contributed by atoms with E-state index in [1.54, 1.807) is 22.8 Å². The highest BCUT2D eigenvalue weighted by Crippen LogP contribution is 2.46. The molecular formula is C25H20ClF3N3OS4+. The largest absolute Gasteiger partial charge is 0.446 e. The van der Waals surface area contributed by atoms with Crippen molar-refractivity contribution in [2.45, 2.75) is 35.3 Å². The third-order valence-corrected chi connectivity index (χ3v) is 10.1. The lowest BCUT2D eigenvalue weighted by Crippen LogP contribution is -2.36. The number of nitrogens with zero attached hydrogens (tertiary/aromatic N) is 3. The normalized spacial score (nSPS) is 15.5. The average molecular weight is 599 g/mol. The molecule has 12 heteroatoms. The van der Waals surface area contributed by atoms with E-state index in [1.807, 2.05) is 59.3 Å². The third kappa shape index (κ3) is 5.51. The maximum absolute atomic E-state index is 13.4. The van der Waals surface area contributed by atoms with Crippen molar-refractivity contribution < 1.29 is 17.7 Å². The van der Waals surface area contributed by atoms with Gasteiger partial charge in [-0.25, -0.2) is 0 Å². The molecule has 2 aromatic carbocycles. The number of thiazole rings is 2. The predicted molar refractivity (Wildman–Crippen MR) is 148 cm³/mol. The molecule has 0 atom stereocenters. The van der Waals surface area contributed by atoms with Gasteiger partial charge in [-0.2, -0.15) is 17.7 Å². The summed E-state index contributed by atoms with van der Waals surface area (Å²) < 4.78 is 44.2. The van der Waals surface area contributed by atoms with Crippen LogP contribution in [0.4, 0.5) is 18.9 Å². The average Bonchev–Trinajstić information content (AvgIpc) is 3.50. The van der Waals surface area contributed by atoms with Gasteiger partial charge in [-0.05, 0) is 43.0 Å². The van der Waals surface area contributed by atoms with Crippen LogP contribution >= 0.6 is 57.8 Å². The van der Waals surface area contributed by atoms with Crippen LogP contribution in [0.5, 0.6) is 0 Å². The Balaban J connectivity index is 1.56. The predicted octanol–water partition coefficient (Wildman–Crippen LogP) is 5.73. The fraction of sp³-hybridized carbons (Fsp3) is 0.200. The van der Waals surface area contributed by atoms with Crippen LogP contribution in [-0.2, 0) is 13.1 Å². The van der Waals surface area contributed by atoms with Gasteiger partial charge in [0.15, 0.2) is 12.7 Å². The summed E-state index contributed by atoms with van der Waals surface area (Å²) in [5.74, 6) is 0. The number of aromatic nitrogens is 2. The van der Waals surface area contributed by atoms with Crippen molar-refractivity contribution in [3.8, 4) is 0 Å². The molecule has 2 aromatic heterocycles. The van der Waals surface area contributed by atoms with Gasteiger partial charge in [-0.15, -0.1) is 11.3 Å². The fourth-order valence-electron chi connectivity index (χ4n) is 4.01. The van der Waals surface area contributed by atoms with Crippen LogP contribution in [-0.4, -0.2) is 17.1 Å². The smallest absolute Gasteiger partial charge is 0.337 e. The molecule has 4 nitrogen and oxygen atoms in total. The third-order valence-electron chi connectivity index (χ3n) is 5.72. The van der Waals surface area contributed by atoms with Crippen LogP contribution in [0.25, 0.3) is 11.1 Å². The SMILES string of the molecule is CCn1c(=O)/c(=C2\Sc3cc(Cl)ccc3N2C)s/c1=C\c1scc[n+]1Cc1ccccc1SC(F)(F)F. The second-order valence-electron chi connectivity index (χ2n) is 8.07. The Kier molecular flexibility index (Phi) is 7.52. The van der Waals surface area contributed by atoms with E-state index in [0.29, 0.717) is 21.7 Å². The first-order valence-electron chi connectivity index (χ1n) is 11.1. The second kappa shape index (κ2) is 10.5. The van der Waals surface area contributed by atoms with Gasteiger partial charge in [-0.3, -0.25) is 9.36 Å². The Morgan fingerprint density at radius 1 is 1.19 bits per heavy atom. The monoisotopic (exact) mass is 598 g/mol. The molecule has 0 amide bonds. The molecule has 0 aliphatic carbocycles. The molecule has 0 bridgehead atoms. The van der Waals surface area contributed by atoms with E-state index in [1.165, 1.54) is 40.5 Å². The Bertz CT molecular complexity index is 1660. The first-order chi connectivity index (χ1) is 17.6. The minimum Gasteiger partial charge on any atom is -0.337 e. The number of hydrogen-bond acceptors (Lipinski definition) is 6. The van der Waals surface area contributed by atoms with Crippen LogP contribution in [0.3, 0.4) is 0 Å². The standard InChI is InChI=1S/C25H20ClF3N3OS4/c1-3-32-21(36-22(23(32)33)24-30(2)17-9-8-16(26)12-19(17)35-24)13-20-31(10-11-34-20)14-15-6-4-5-7-18(15)37-25(27,28)29/h4-13H,3,14H2,1-2H3/q+1/b24-22+. The second-order valence-corrected chi connectivity index (χ2v) is 12.6. The number of fused-ring (bicyclic) bond motifs is 1. The highest BCUT2D eigenvalue weighted by Gasteiger charge is 2.31. The summed E-state index contributed by atoms with van der Waals surface area (Å²) in [6.07, 6.45) is 3.79. The summed E-state index contributed by atoms with van der Waals surface area (Å²) in [6.45, 7) is 2.71. The van der Waals surface area contributed by atoms with E-state index >= 15 is 0 Å². The molecular weight excluding hydrogens is 579 g/mol. The Hall–Kier alpha value is -2.18. The Morgan fingerprint density at radius 3 is 2.73 bits per heavy atom. The summed E-state index contributed by atoms with van der Waals surface area (Å²) in [5.41, 5.74) is -2.85. The van der Waals surface area contributed by atoms with Crippen LogP contribution in [0.15, 0.2) is 68.6 Å². The molecule has 1 aliphatic rings. The van der Waals surface area contributed by atoms with Gasteiger partial charge in [0, 0.05) is 34.0 Å². The van der Waals surface area contributed by atoms with Gasteiger partial charge >= 0.3 is 5.51 Å². The van der Waals surface area contributed by atoms with Crippen LogP contribution < -0.4 is 24.2 Å². The molecule has 0 fully saturated rings. The number of halogens is 4. The molecule has 0 radical (unpaired) electrons. The van der Waals surface area contributed by atoms with E-state index in [-0.39, 0.29) is 28.8 Å². The molecule has 1 aliphatic heterocycles. The van der Waals surface area contributed by atoms with E-state index in [4.69, 9.17) is 11.6 Å². The van der Waals surface area contributed by atoms with Crippen LogP contribution in [0.1, 0.15) is 17.5 Å². The topological polar surface area (TPSA) is 29.1 Å². The summed E-state index contributed by atoms with van der Waals surface area (Å²) in [6, 6.07) is 12.2. The zero-order valence-corrected chi connectivity index (χ0v) is 23.6. The molecule has 0 saturated heterocycles. The van der Waals surface area contributed by atoms with Gasteiger partial charge in [0.25, 0.3) is 10.6 Å². The summed E-state index contributed by atoms with van der Waals surface area (Å²) in [7, 11) is 1.94. The van der Waals surface area contributed by atoms with Crippen molar-refractivity contribution in [3.63, 3.8) is 0 Å². The molecule has 37 heavy (non-hydrogen) atoms. The highest BCUT2D eigenvalue weighted by molar-refractivity contribution is 8.08. The minimum atomic E-state index is -4.36. The highest BCUT2D eigenvalue weighted by atomic mass is 35.5. The molecule has 0 spiro atoms. The van der Waals surface area contributed by atoms with Crippen molar-refractivity contribution in [1.29, 1.82) is 0 Å². The van der Waals surface area contributed by atoms with Gasteiger partial charge in [0.1, 0.15) is 14.2 Å². The van der Waals surface area contributed by atoms with Crippen molar-refractivity contribution in [1.82, 2.24) is 4.57 Å². The van der Waals surface area contributed by atoms with Crippen molar-refractivity contribution >= 4 is 74.6 Å². The molecule has 5 rings (SSSR count). The van der Waals surface area contributed by atoms with Gasteiger partial charge < -0.3 is 4.90 Å². The lowest BCUT2D eigenvalue weighted by Gasteiger charge is -2.12.